The standard InChI is InChI=1S/C18H21F2N/c19-18(20)4-2-1-3-14-5-9-16(10-6-14)17-11-7-15(13-21)8-12-17/h2,4,7-8,11-12,14,16,18H,1,3,5-6,9-10H2/t14-,16-. The summed E-state index contributed by atoms with van der Waals surface area (Å²) in [4.78, 5) is 0. The number of rotatable bonds is 5. The number of benzene rings is 1. The predicted octanol–water partition coefficient (Wildman–Crippen LogP) is 5.43. The van der Waals surface area contributed by atoms with E-state index in [-0.39, 0.29) is 0 Å². The molecule has 1 aromatic rings. The highest BCUT2D eigenvalue weighted by molar-refractivity contribution is 5.33. The van der Waals surface area contributed by atoms with Crippen molar-refractivity contribution in [1.29, 1.82) is 5.26 Å². The number of nitrogens with zero attached hydrogens (tertiary/aromatic N) is 1. The fourth-order valence-corrected chi connectivity index (χ4v) is 3.15. The van der Waals surface area contributed by atoms with E-state index in [1.54, 1.807) is 6.08 Å². The lowest BCUT2D eigenvalue weighted by atomic mass is 9.77. The largest absolute Gasteiger partial charge is 0.257 e. The van der Waals surface area contributed by atoms with Gasteiger partial charge in [-0.2, -0.15) is 5.26 Å². The second-order valence-electron chi connectivity index (χ2n) is 5.79. The van der Waals surface area contributed by atoms with Gasteiger partial charge in [0.1, 0.15) is 0 Å². The number of nitriles is 1. The van der Waals surface area contributed by atoms with E-state index in [9.17, 15) is 8.78 Å². The van der Waals surface area contributed by atoms with Gasteiger partial charge < -0.3 is 0 Å². The van der Waals surface area contributed by atoms with Crippen molar-refractivity contribution in [3.8, 4) is 6.07 Å². The van der Waals surface area contributed by atoms with Gasteiger partial charge in [-0.1, -0.05) is 18.2 Å². The second-order valence-corrected chi connectivity index (χ2v) is 5.79. The highest BCUT2D eigenvalue weighted by Gasteiger charge is 2.21. The van der Waals surface area contributed by atoms with E-state index in [1.807, 2.05) is 12.1 Å². The van der Waals surface area contributed by atoms with E-state index < -0.39 is 6.43 Å². The number of hydrogen-bond acceptors (Lipinski definition) is 1. The fraction of sp³-hybridized carbons (Fsp3) is 0.500. The third-order valence-corrected chi connectivity index (χ3v) is 4.38. The first kappa shape index (κ1) is 15.7. The van der Waals surface area contributed by atoms with Gasteiger partial charge in [0.15, 0.2) is 0 Å². The fourth-order valence-electron chi connectivity index (χ4n) is 3.15. The van der Waals surface area contributed by atoms with Crippen LogP contribution < -0.4 is 0 Å². The van der Waals surface area contributed by atoms with E-state index in [0.29, 0.717) is 17.4 Å². The first-order valence-electron chi connectivity index (χ1n) is 7.64. The molecule has 0 spiro atoms. The van der Waals surface area contributed by atoms with Crippen molar-refractivity contribution < 1.29 is 8.78 Å². The average Bonchev–Trinajstić information content (AvgIpc) is 2.52. The quantitative estimate of drug-likeness (QED) is 0.663. The molecular formula is C18H21F2N. The van der Waals surface area contributed by atoms with E-state index >= 15 is 0 Å². The van der Waals surface area contributed by atoms with Gasteiger partial charge in [0.25, 0.3) is 6.43 Å². The Morgan fingerprint density at radius 3 is 2.38 bits per heavy atom. The summed E-state index contributed by atoms with van der Waals surface area (Å²) >= 11 is 0. The van der Waals surface area contributed by atoms with Gasteiger partial charge in [-0.05, 0) is 74.1 Å². The van der Waals surface area contributed by atoms with Crippen molar-refractivity contribution >= 4 is 0 Å². The molecule has 0 heterocycles. The van der Waals surface area contributed by atoms with Crippen LogP contribution in [0.5, 0.6) is 0 Å². The third kappa shape index (κ3) is 4.97. The molecule has 1 fully saturated rings. The van der Waals surface area contributed by atoms with Gasteiger partial charge in [-0.15, -0.1) is 0 Å². The summed E-state index contributed by atoms with van der Waals surface area (Å²) in [7, 11) is 0. The molecule has 0 radical (unpaired) electrons. The molecule has 0 bridgehead atoms. The van der Waals surface area contributed by atoms with Crippen LogP contribution in [0.2, 0.25) is 0 Å². The number of allylic oxidation sites excluding steroid dienone is 2. The van der Waals surface area contributed by atoms with Crippen LogP contribution in [0.4, 0.5) is 8.78 Å². The van der Waals surface area contributed by atoms with Crippen molar-refractivity contribution in [2.75, 3.05) is 0 Å². The summed E-state index contributed by atoms with van der Waals surface area (Å²) in [6.45, 7) is 0. The lowest BCUT2D eigenvalue weighted by molar-refractivity contribution is 0.203. The summed E-state index contributed by atoms with van der Waals surface area (Å²) in [5.41, 5.74) is 2.03. The molecule has 1 aromatic carbocycles. The molecule has 112 valence electrons. The van der Waals surface area contributed by atoms with Gasteiger partial charge in [-0.25, -0.2) is 8.78 Å². The Hall–Kier alpha value is -1.69. The molecule has 1 aliphatic rings. The minimum absolute atomic E-state index is 0.589. The van der Waals surface area contributed by atoms with Gasteiger partial charge in [-0.3, -0.25) is 0 Å². The first-order valence-corrected chi connectivity index (χ1v) is 7.64. The van der Waals surface area contributed by atoms with Crippen molar-refractivity contribution in [3.05, 3.63) is 47.5 Å². The maximum Gasteiger partial charge on any atom is 0.257 e. The Balaban J connectivity index is 1.76. The molecule has 0 aliphatic heterocycles. The van der Waals surface area contributed by atoms with Crippen molar-refractivity contribution in [1.82, 2.24) is 0 Å². The average molecular weight is 289 g/mol. The molecule has 1 aliphatic carbocycles. The molecule has 1 saturated carbocycles. The molecule has 0 amide bonds. The third-order valence-electron chi connectivity index (χ3n) is 4.38. The van der Waals surface area contributed by atoms with Crippen LogP contribution in [0.1, 0.15) is 55.6 Å². The lowest BCUT2D eigenvalue weighted by Crippen LogP contribution is -2.13. The van der Waals surface area contributed by atoms with Gasteiger partial charge in [0.05, 0.1) is 11.6 Å². The summed E-state index contributed by atoms with van der Waals surface area (Å²) in [5, 5.41) is 8.81. The molecule has 0 N–H and O–H groups in total. The number of halogens is 2. The maximum absolute atomic E-state index is 12.0. The van der Waals surface area contributed by atoms with Crippen molar-refractivity contribution in [3.63, 3.8) is 0 Å². The Morgan fingerprint density at radius 2 is 1.81 bits per heavy atom. The molecule has 0 unspecified atom stereocenters. The van der Waals surface area contributed by atoms with Crippen LogP contribution in [-0.4, -0.2) is 6.43 Å². The molecule has 3 heteroatoms. The van der Waals surface area contributed by atoms with Crippen LogP contribution in [0, 0.1) is 17.2 Å². The molecule has 0 atom stereocenters. The molecule has 21 heavy (non-hydrogen) atoms. The van der Waals surface area contributed by atoms with Gasteiger partial charge >= 0.3 is 0 Å². The minimum Gasteiger partial charge on any atom is -0.206 e. The minimum atomic E-state index is -2.32. The van der Waals surface area contributed by atoms with E-state index in [0.717, 1.165) is 31.8 Å². The zero-order valence-electron chi connectivity index (χ0n) is 12.1. The van der Waals surface area contributed by atoms with Gasteiger partial charge in [0, 0.05) is 0 Å². The van der Waals surface area contributed by atoms with E-state index in [1.165, 1.54) is 18.4 Å². The van der Waals surface area contributed by atoms with E-state index in [2.05, 4.69) is 18.2 Å². The Morgan fingerprint density at radius 1 is 1.14 bits per heavy atom. The predicted molar refractivity (Wildman–Crippen MR) is 80.2 cm³/mol. The molecule has 0 aromatic heterocycles. The Labute approximate surface area is 125 Å². The lowest BCUT2D eigenvalue weighted by Gasteiger charge is -2.28. The van der Waals surface area contributed by atoms with Crippen LogP contribution in [0.15, 0.2) is 36.4 Å². The summed E-state index contributed by atoms with van der Waals surface area (Å²) in [5.74, 6) is 1.26. The summed E-state index contributed by atoms with van der Waals surface area (Å²) in [6.07, 6.45) is 6.72. The topological polar surface area (TPSA) is 23.8 Å². The van der Waals surface area contributed by atoms with Crippen LogP contribution in [0.3, 0.4) is 0 Å². The zero-order chi connectivity index (χ0) is 15.1. The normalized spacial score (nSPS) is 22.6. The SMILES string of the molecule is N#Cc1ccc([C@H]2CC[C@H](CCC=CC(F)F)CC2)cc1. The highest BCUT2D eigenvalue weighted by atomic mass is 19.3. The molecule has 0 saturated heterocycles. The maximum atomic E-state index is 12.0. The second kappa shape index (κ2) is 7.93. The number of hydrogen-bond donors (Lipinski definition) is 0. The molecule has 1 nitrogen and oxygen atoms in total. The molecule has 2 rings (SSSR count). The molecular weight excluding hydrogens is 268 g/mol. The Bertz CT molecular complexity index is 491. The van der Waals surface area contributed by atoms with Crippen LogP contribution in [-0.2, 0) is 0 Å². The summed E-state index contributed by atoms with van der Waals surface area (Å²) in [6, 6.07) is 10.0. The number of alkyl halides is 2. The van der Waals surface area contributed by atoms with Gasteiger partial charge in [0.2, 0.25) is 0 Å². The summed E-state index contributed by atoms with van der Waals surface area (Å²) < 4.78 is 24.0. The van der Waals surface area contributed by atoms with Crippen molar-refractivity contribution in [2.24, 2.45) is 5.92 Å². The smallest absolute Gasteiger partial charge is 0.206 e. The van der Waals surface area contributed by atoms with Crippen molar-refractivity contribution in [2.45, 2.75) is 50.9 Å². The Kier molecular flexibility index (Phi) is 5.92. The monoisotopic (exact) mass is 289 g/mol. The van der Waals surface area contributed by atoms with E-state index in [4.69, 9.17) is 5.26 Å². The van der Waals surface area contributed by atoms with Crippen LogP contribution in [0.25, 0.3) is 0 Å². The van der Waals surface area contributed by atoms with Crippen LogP contribution >= 0.6 is 0 Å². The highest BCUT2D eigenvalue weighted by Crippen LogP contribution is 2.37. The first-order chi connectivity index (χ1) is 10.2. The zero-order valence-corrected chi connectivity index (χ0v) is 12.1.